The smallest absolute Gasteiger partial charge is 0.286 e. The number of carbonyl (C=O) groups is 1. The van der Waals surface area contributed by atoms with E-state index < -0.39 is 0 Å². The average molecular weight is 389 g/mol. The third-order valence-electron chi connectivity index (χ3n) is 4.73. The fourth-order valence-corrected chi connectivity index (χ4v) is 4.13. The van der Waals surface area contributed by atoms with Crippen molar-refractivity contribution in [2.75, 3.05) is 26.8 Å². The lowest BCUT2D eigenvalue weighted by molar-refractivity contribution is -0.113. The van der Waals surface area contributed by atoms with E-state index in [1.165, 1.54) is 37.4 Å². The van der Waals surface area contributed by atoms with Crippen LogP contribution in [-0.4, -0.2) is 42.8 Å². The van der Waals surface area contributed by atoms with E-state index >= 15 is 0 Å². The molecule has 1 aromatic carbocycles. The number of unbranched alkanes of at least 4 members (excludes halogenated alkanes) is 1. The lowest BCUT2D eigenvalue weighted by atomic mass is 10.2. The summed E-state index contributed by atoms with van der Waals surface area (Å²) in [5.74, 6) is 1.27. The van der Waals surface area contributed by atoms with Crippen LogP contribution in [0.4, 0.5) is 0 Å². The van der Waals surface area contributed by atoms with Gasteiger partial charge in [-0.15, -0.1) is 0 Å². The van der Waals surface area contributed by atoms with Crippen LogP contribution < -0.4 is 9.47 Å². The Morgan fingerprint density at radius 1 is 1.19 bits per heavy atom. The van der Waals surface area contributed by atoms with E-state index in [-0.39, 0.29) is 5.91 Å². The van der Waals surface area contributed by atoms with Gasteiger partial charge in [-0.2, -0.15) is 4.99 Å². The summed E-state index contributed by atoms with van der Waals surface area (Å²) in [7, 11) is 1.63. The number of ether oxygens (including phenoxy) is 2. The zero-order valence-electron chi connectivity index (χ0n) is 16.2. The molecule has 1 amide bonds. The molecule has 5 nitrogen and oxygen atoms in total. The van der Waals surface area contributed by atoms with E-state index in [1.807, 2.05) is 24.3 Å². The van der Waals surface area contributed by atoms with Gasteiger partial charge in [-0.25, -0.2) is 0 Å². The number of methoxy groups -OCH3 is 1. The maximum absolute atomic E-state index is 12.4. The highest BCUT2D eigenvalue weighted by Gasteiger charge is 2.26. The van der Waals surface area contributed by atoms with E-state index in [2.05, 4.69) is 16.8 Å². The standard InChI is InChI=1S/C21H28N2O3S/c1-3-4-13-26-17-10-9-16(14-18(17)25-2)15-19-20(24)22-21(27-19)23-11-7-5-6-8-12-23/h9-10,14-15H,3-8,11-13H2,1-2H3/b19-15-. The molecule has 146 valence electrons. The van der Waals surface area contributed by atoms with Crippen molar-refractivity contribution in [2.45, 2.75) is 45.4 Å². The number of hydrogen-bond acceptors (Lipinski definition) is 5. The highest BCUT2D eigenvalue weighted by atomic mass is 32.2. The first-order chi connectivity index (χ1) is 13.2. The molecule has 0 unspecified atom stereocenters. The minimum absolute atomic E-state index is 0.151. The van der Waals surface area contributed by atoms with Gasteiger partial charge in [0.2, 0.25) is 0 Å². The molecule has 1 fully saturated rings. The van der Waals surface area contributed by atoms with Crippen LogP contribution in [0, 0.1) is 0 Å². The molecule has 2 heterocycles. The molecule has 2 aliphatic heterocycles. The van der Waals surface area contributed by atoms with Gasteiger partial charge in [0.05, 0.1) is 18.6 Å². The van der Waals surface area contributed by atoms with E-state index in [0.717, 1.165) is 42.4 Å². The number of hydrogen-bond donors (Lipinski definition) is 0. The van der Waals surface area contributed by atoms with Crippen molar-refractivity contribution < 1.29 is 14.3 Å². The number of nitrogens with zero attached hydrogens (tertiary/aromatic N) is 2. The highest BCUT2D eigenvalue weighted by Crippen LogP contribution is 2.34. The van der Waals surface area contributed by atoms with Crippen LogP contribution in [0.5, 0.6) is 11.5 Å². The largest absolute Gasteiger partial charge is 0.493 e. The fourth-order valence-electron chi connectivity index (χ4n) is 3.17. The molecule has 0 atom stereocenters. The molecule has 3 rings (SSSR count). The topological polar surface area (TPSA) is 51.1 Å². The van der Waals surface area contributed by atoms with Gasteiger partial charge < -0.3 is 14.4 Å². The van der Waals surface area contributed by atoms with Crippen LogP contribution >= 0.6 is 11.8 Å². The van der Waals surface area contributed by atoms with Crippen LogP contribution in [0.2, 0.25) is 0 Å². The van der Waals surface area contributed by atoms with Crippen molar-refractivity contribution in [3.63, 3.8) is 0 Å². The average Bonchev–Trinajstić information content (AvgIpc) is 2.88. The van der Waals surface area contributed by atoms with Gasteiger partial charge in [0.1, 0.15) is 0 Å². The SMILES string of the molecule is CCCCOc1ccc(/C=C2\SC(N3CCCCCC3)=NC2=O)cc1OC. The summed E-state index contributed by atoms with van der Waals surface area (Å²) < 4.78 is 11.2. The number of aliphatic imine (C=N–C) groups is 1. The van der Waals surface area contributed by atoms with Crippen molar-refractivity contribution in [1.82, 2.24) is 4.90 Å². The fraction of sp³-hybridized carbons (Fsp3) is 0.524. The predicted octanol–water partition coefficient (Wildman–Crippen LogP) is 4.72. The summed E-state index contributed by atoms with van der Waals surface area (Å²) in [6.07, 6.45) is 8.85. The number of amides is 1. The Bertz CT molecular complexity index is 722. The summed E-state index contributed by atoms with van der Waals surface area (Å²) in [5, 5.41) is 0.847. The summed E-state index contributed by atoms with van der Waals surface area (Å²) in [6, 6.07) is 5.77. The second-order valence-corrected chi connectivity index (χ2v) is 7.83. The summed E-state index contributed by atoms with van der Waals surface area (Å²) in [6.45, 7) is 4.79. The minimum Gasteiger partial charge on any atom is -0.493 e. The van der Waals surface area contributed by atoms with Crippen LogP contribution in [0.1, 0.15) is 51.0 Å². The normalized spacial score (nSPS) is 19.2. The molecule has 0 bridgehead atoms. The van der Waals surface area contributed by atoms with Crippen molar-refractivity contribution in [3.05, 3.63) is 28.7 Å². The lowest BCUT2D eigenvalue weighted by Gasteiger charge is -2.20. The molecule has 1 saturated heterocycles. The number of rotatable bonds is 6. The maximum Gasteiger partial charge on any atom is 0.286 e. The Balaban J connectivity index is 1.70. The zero-order chi connectivity index (χ0) is 19.1. The predicted molar refractivity (Wildman–Crippen MR) is 111 cm³/mol. The molecule has 6 heteroatoms. The van der Waals surface area contributed by atoms with Gasteiger partial charge in [-0.3, -0.25) is 4.79 Å². The zero-order valence-corrected chi connectivity index (χ0v) is 17.0. The molecule has 27 heavy (non-hydrogen) atoms. The molecular formula is C21H28N2O3S. The first-order valence-electron chi connectivity index (χ1n) is 9.79. The Morgan fingerprint density at radius 3 is 2.67 bits per heavy atom. The van der Waals surface area contributed by atoms with Gasteiger partial charge >= 0.3 is 0 Å². The van der Waals surface area contributed by atoms with Crippen molar-refractivity contribution in [1.29, 1.82) is 0 Å². The first kappa shape index (κ1) is 19.8. The van der Waals surface area contributed by atoms with Gasteiger partial charge in [-0.1, -0.05) is 32.3 Å². The number of carbonyl (C=O) groups excluding carboxylic acids is 1. The summed E-state index contributed by atoms with van der Waals surface area (Å²) >= 11 is 1.48. The molecule has 0 aliphatic carbocycles. The lowest BCUT2D eigenvalue weighted by Crippen LogP contribution is -2.28. The Labute approximate surface area is 165 Å². The molecular weight excluding hydrogens is 360 g/mol. The highest BCUT2D eigenvalue weighted by molar-refractivity contribution is 8.18. The Morgan fingerprint density at radius 2 is 1.96 bits per heavy atom. The van der Waals surface area contributed by atoms with E-state index in [0.29, 0.717) is 17.3 Å². The van der Waals surface area contributed by atoms with Crippen LogP contribution in [0.25, 0.3) is 6.08 Å². The first-order valence-corrected chi connectivity index (χ1v) is 10.6. The van der Waals surface area contributed by atoms with E-state index in [1.54, 1.807) is 7.11 Å². The minimum atomic E-state index is -0.151. The molecule has 2 aliphatic rings. The summed E-state index contributed by atoms with van der Waals surface area (Å²) in [4.78, 5) is 19.6. The van der Waals surface area contributed by atoms with Gasteiger partial charge in [0, 0.05) is 13.1 Å². The van der Waals surface area contributed by atoms with Crippen molar-refractivity contribution >= 4 is 28.9 Å². The number of thioether (sulfide) groups is 1. The van der Waals surface area contributed by atoms with Crippen molar-refractivity contribution in [3.8, 4) is 11.5 Å². The van der Waals surface area contributed by atoms with Gasteiger partial charge in [0.15, 0.2) is 16.7 Å². The molecule has 0 aromatic heterocycles. The third kappa shape index (κ3) is 5.28. The number of likely N-dealkylation sites (tertiary alicyclic amines) is 1. The maximum atomic E-state index is 12.4. The quantitative estimate of drug-likeness (QED) is 0.521. The van der Waals surface area contributed by atoms with E-state index in [9.17, 15) is 4.79 Å². The molecule has 1 aromatic rings. The summed E-state index contributed by atoms with van der Waals surface area (Å²) in [5.41, 5.74) is 0.915. The van der Waals surface area contributed by atoms with Crippen LogP contribution in [0.15, 0.2) is 28.1 Å². The number of benzene rings is 1. The van der Waals surface area contributed by atoms with Gasteiger partial charge in [0.25, 0.3) is 5.91 Å². The van der Waals surface area contributed by atoms with Crippen LogP contribution in [-0.2, 0) is 4.79 Å². The monoisotopic (exact) mass is 388 g/mol. The second-order valence-electron chi connectivity index (χ2n) is 6.82. The Hall–Kier alpha value is -1.95. The second kappa shape index (κ2) is 9.83. The Kier molecular flexibility index (Phi) is 7.21. The molecule has 0 radical (unpaired) electrons. The molecule has 0 N–H and O–H groups in total. The van der Waals surface area contributed by atoms with Gasteiger partial charge in [-0.05, 0) is 54.8 Å². The van der Waals surface area contributed by atoms with Crippen molar-refractivity contribution in [2.24, 2.45) is 4.99 Å². The van der Waals surface area contributed by atoms with E-state index in [4.69, 9.17) is 9.47 Å². The third-order valence-corrected chi connectivity index (χ3v) is 5.77. The number of amidine groups is 1. The molecule has 0 saturated carbocycles. The molecule has 0 spiro atoms. The van der Waals surface area contributed by atoms with Crippen LogP contribution in [0.3, 0.4) is 0 Å².